The molecule has 1 radical (unpaired) electrons. The van der Waals surface area contributed by atoms with Gasteiger partial charge in [0.2, 0.25) is 0 Å². The number of hydrogen-bond donors (Lipinski definition) is 0. The second-order valence-corrected chi connectivity index (χ2v) is 3.60. The molecule has 1 atom stereocenters. The molecule has 65 valence electrons. The van der Waals surface area contributed by atoms with Crippen LogP contribution in [0.1, 0.15) is 17.0 Å². The first-order chi connectivity index (χ1) is 6.19. The zero-order chi connectivity index (χ0) is 9.84. The molecule has 0 heterocycles. The highest BCUT2D eigenvalue weighted by molar-refractivity contribution is 9.10. The fourth-order valence-electron chi connectivity index (χ4n) is 1.07. The zero-order valence-electron chi connectivity index (χ0n) is 7.13. The molecule has 0 bridgehead atoms. The minimum atomic E-state index is -0.0350. The molecule has 0 fully saturated rings. The summed E-state index contributed by atoms with van der Waals surface area (Å²) in [6.07, 6.45) is 1.72. The number of nitrogens with zero attached hydrogens (tertiary/aromatic N) is 1. The Hall–Kier alpha value is -1.07. The van der Waals surface area contributed by atoms with E-state index in [1.54, 1.807) is 12.1 Å². The van der Waals surface area contributed by atoms with Gasteiger partial charge >= 0.3 is 0 Å². The van der Waals surface area contributed by atoms with Gasteiger partial charge in [0.15, 0.2) is 0 Å². The Labute approximate surface area is 86.8 Å². The van der Waals surface area contributed by atoms with Crippen molar-refractivity contribution < 1.29 is 0 Å². The van der Waals surface area contributed by atoms with Crippen molar-refractivity contribution in [3.05, 3.63) is 53.4 Å². The van der Waals surface area contributed by atoms with Crippen molar-refractivity contribution in [2.45, 2.75) is 5.92 Å². The lowest BCUT2D eigenvalue weighted by Gasteiger charge is -2.08. The maximum absolute atomic E-state index is 8.83. The summed E-state index contributed by atoms with van der Waals surface area (Å²) in [6, 6.07) is 7.65. The van der Waals surface area contributed by atoms with Crippen LogP contribution in [0, 0.1) is 18.3 Å². The van der Waals surface area contributed by atoms with E-state index >= 15 is 0 Å². The van der Waals surface area contributed by atoms with Gasteiger partial charge in [0.25, 0.3) is 0 Å². The molecular formula is C11H9BrN. The molecule has 0 aliphatic heterocycles. The quantitative estimate of drug-likeness (QED) is 0.720. The lowest BCUT2D eigenvalue weighted by molar-refractivity contribution is 1.07. The topological polar surface area (TPSA) is 23.8 Å². The molecule has 0 amide bonds. The van der Waals surface area contributed by atoms with Crippen molar-refractivity contribution in [3.8, 4) is 6.07 Å². The largest absolute Gasteiger partial charge is 0.192 e. The molecule has 0 aliphatic carbocycles. The van der Waals surface area contributed by atoms with Gasteiger partial charge in [-0.2, -0.15) is 5.26 Å². The molecule has 13 heavy (non-hydrogen) atoms. The molecule has 1 nitrogen and oxygen atoms in total. The average Bonchev–Trinajstić information content (AvgIpc) is 2.16. The van der Waals surface area contributed by atoms with E-state index in [2.05, 4.69) is 35.5 Å². The molecule has 0 aromatic heterocycles. The molecule has 0 saturated carbocycles. The smallest absolute Gasteiger partial charge is 0.0994 e. The number of halogens is 1. The van der Waals surface area contributed by atoms with E-state index in [4.69, 9.17) is 5.26 Å². The van der Waals surface area contributed by atoms with E-state index in [1.165, 1.54) is 0 Å². The van der Waals surface area contributed by atoms with Crippen molar-refractivity contribution in [3.63, 3.8) is 0 Å². The zero-order valence-corrected chi connectivity index (χ0v) is 8.71. The molecule has 0 N–H and O–H groups in total. The summed E-state index contributed by atoms with van der Waals surface area (Å²) in [4.78, 5) is 0. The third-order valence-corrected chi connectivity index (χ3v) is 2.31. The minimum absolute atomic E-state index is 0.0350. The van der Waals surface area contributed by atoms with Crippen LogP contribution in [-0.4, -0.2) is 0 Å². The maximum Gasteiger partial charge on any atom is 0.0994 e. The van der Waals surface area contributed by atoms with Gasteiger partial charge in [-0.1, -0.05) is 22.0 Å². The highest BCUT2D eigenvalue weighted by Crippen LogP contribution is 2.23. The summed E-state index contributed by atoms with van der Waals surface area (Å²) in [5.74, 6) is -0.0350. The Morgan fingerprint density at radius 3 is 2.77 bits per heavy atom. The fourth-order valence-corrected chi connectivity index (χ4v) is 1.45. The van der Waals surface area contributed by atoms with Crippen LogP contribution in [0.4, 0.5) is 0 Å². The van der Waals surface area contributed by atoms with Crippen LogP contribution < -0.4 is 0 Å². The molecule has 0 saturated heterocycles. The van der Waals surface area contributed by atoms with Gasteiger partial charge < -0.3 is 0 Å². The molecule has 2 heteroatoms. The van der Waals surface area contributed by atoms with Crippen LogP contribution >= 0.6 is 15.9 Å². The summed E-state index contributed by atoms with van der Waals surface area (Å²) < 4.78 is 0.956. The van der Waals surface area contributed by atoms with E-state index in [1.807, 2.05) is 12.1 Å². The average molecular weight is 235 g/mol. The number of allylic oxidation sites excluding steroid dienone is 1. The molecule has 1 aromatic carbocycles. The third kappa shape index (κ3) is 2.19. The first-order valence-corrected chi connectivity index (χ1v) is 4.63. The second kappa shape index (κ2) is 4.25. The molecule has 0 aliphatic rings. The number of hydrogen-bond acceptors (Lipinski definition) is 1. The Morgan fingerprint density at radius 1 is 1.54 bits per heavy atom. The molecule has 1 unspecified atom stereocenters. The Kier molecular flexibility index (Phi) is 3.27. The Bertz CT molecular complexity index is 363. The highest BCUT2D eigenvalue weighted by atomic mass is 79.9. The monoisotopic (exact) mass is 234 g/mol. The van der Waals surface area contributed by atoms with E-state index in [0.717, 1.165) is 10.0 Å². The Morgan fingerprint density at radius 2 is 2.23 bits per heavy atom. The summed E-state index contributed by atoms with van der Waals surface area (Å²) in [5.41, 5.74) is 1.56. The van der Waals surface area contributed by atoms with Crippen LogP contribution in [0.15, 0.2) is 35.3 Å². The first-order valence-electron chi connectivity index (χ1n) is 3.84. The van der Waals surface area contributed by atoms with Crippen molar-refractivity contribution in [2.24, 2.45) is 0 Å². The summed E-state index contributed by atoms with van der Waals surface area (Å²) >= 11 is 3.35. The maximum atomic E-state index is 8.83. The predicted octanol–water partition coefficient (Wildman–Crippen LogP) is 3.42. The van der Waals surface area contributed by atoms with E-state index in [0.29, 0.717) is 5.56 Å². The summed E-state index contributed by atoms with van der Waals surface area (Å²) in [5, 5.41) is 8.83. The van der Waals surface area contributed by atoms with Crippen LogP contribution in [0.2, 0.25) is 0 Å². The summed E-state index contributed by atoms with van der Waals surface area (Å²) in [6.45, 7) is 7.54. The van der Waals surface area contributed by atoms with Gasteiger partial charge in [-0.15, -0.1) is 6.58 Å². The Balaban J connectivity index is 3.25. The second-order valence-electron chi connectivity index (χ2n) is 2.69. The van der Waals surface area contributed by atoms with Crippen molar-refractivity contribution >= 4 is 15.9 Å². The van der Waals surface area contributed by atoms with Crippen molar-refractivity contribution in [1.29, 1.82) is 5.26 Å². The van der Waals surface area contributed by atoms with E-state index in [-0.39, 0.29) is 5.92 Å². The van der Waals surface area contributed by atoms with Crippen LogP contribution in [0.3, 0.4) is 0 Å². The SMILES string of the molecule is [CH2]C(C=C)c1cc(Br)ccc1C#N. The van der Waals surface area contributed by atoms with Gasteiger partial charge in [0.05, 0.1) is 11.6 Å². The van der Waals surface area contributed by atoms with Crippen molar-refractivity contribution in [2.75, 3.05) is 0 Å². The van der Waals surface area contributed by atoms with Gasteiger partial charge in [-0.05, 0) is 30.7 Å². The molecular weight excluding hydrogens is 226 g/mol. The van der Waals surface area contributed by atoms with E-state index < -0.39 is 0 Å². The standard InChI is InChI=1S/C11H9BrN/c1-3-8(2)11-6-10(12)5-4-9(11)7-13/h3-6,8H,1-2H2. The first kappa shape index (κ1) is 10.0. The van der Waals surface area contributed by atoms with Gasteiger partial charge in [-0.3, -0.25) is 0 Å². The van der Waals surface area contributed by atoms with Crippen LogP contribution in [-0.2, 0) is 0 Å². The van der Waals surface area contributed by atoms with Gasteiger partial charge in [-0.25, -0.2) is 0 Å². The van der Waals surface area contributed by atoms with Crippen LogP contribution in [0.25, 0.3) is 0 Å². The third-order valence-electron chi connectivity index (χ3n) is 1.82. The lowest BCUT2D eigenvalue weighted by Crippen LogP contribution is -1.93. The lowest BCUT2D eigenvalue weighted by atomic mass is 9.97. The van der Waals surface area contributed by atoms with Gasteiger partial charge in [0, 0.05) is 10.4 Å². The summed E-state index contributed by atoms with van der Waals surface area (Å²) in [7, 11) is 0. The number of nitriles is 1. The highest BCUT2D eigenvalue weighted by Gasteiger charge is 2.07. The minimum Gasteiger partial charge on any atom is -0.192 e. The predicted molar refractivity (Wildman–Crippen MR) is 57.2 cm³/mol. The molecule has 1 aromatic rings. The molecule has 1 rings (SSSR count). The van der Waals surface area contributed by atoms with E-state index in [9.17, 15) is 0 Å². The fraction of sp³-hybridized carbons (Fsp3) is 0.0909. The number of rotatable bonds is 2. The van der Waals surface area contributed by atoms with Crippen molar-refractivity contribution in [1.82, 2.24) is 0 Å². The normalized spacial score (nSPS) is 11.8. The van der Waals surface area contributed by atoms with Gasteiger partial charge in [0.1, 0.15) is 0 Å². The number of benzene rings is 1. The molecule has 0 spiro atoms. The van der Waals surface area contributed by atoms with Crippen LogP contribution in [0.5, 0.6) is 0 Å².